The van der Waals surface area contributed by atoms with Gasteiger partial charge in [-0.25, -0.2) is 4.98 Å². The standard InChI is InChI=1S/C23H22N4O/c24-20-10-4-5-11-21(20)27-23(28)15-13-19-12-14-22(26-17-19)25-16-6-9-18-7-2-1-3-8-18/h1-15,17H,16,24H2,(H,25,26)(H,27,28). The quantitative estimate of drug-likeness (QED) is 0.424. The molecule has 5 nitrogen and oxygen atoms in total. The van der Waals surface area contributed by atoms with Crippen LogP contribution in [-0.4, -0.2) is 17.4 Å². The van der Waals surface area contributed by atoms with Gasteiger partial charge in [-0.15, -0.1) is 0 Å². The van der Waals surface area contributed by atoms with Gasteiger partial charge in [0.05, 0.1) is 11.4 Å². The third kappa shape index (κ3) is 5.85. The molecule has 5 heteroatoms. The summed E-state index contributed by atoms with van der Waals surface area (Å²) in [6, 6.07) is 21.0. The molecule has 3 rings (SSSR count). The molecule has 1 aromatic heterocycles. The Kier molecular flexibility index (Phi) is 6.57. The molecule has 0 aliphatic heterocycles. The lowest BCUT2D eigenvalue weighted by Gasteiger charge is -2.05. The Bertz CT molecular complexity index is 963. The third-order valence-corrected chi connectivity index (χ3v) is 3.94. The first-order valence-electron chi connectivity index (χ1n) is 8.96. The van der Waals surface area contributed by atoms with E-state index in [1.165, 1.54) is 6.08 Å². The van der Waals surface area contributed by atoms with Crippen molar-refractivity contribution in [1.29, 1.82) is 0 Å². The molecule has 28 heavy (non-hydrogen) atoms. The summed E-state index contributed by atoms with van der Waals surface area (Å²) in [4.78, 5) is 16.4. The van der Waals surface area contributed by atoms with Gasteiger partial charge in [0.1, 0.15) is 5.82 Å². The summed E-state index contributed by atoms with van der Waals surface area (Å²) in [6.07, 6.45) is 8.98. The molecule has 0 fully saturated rings. The Morgan fingerprint density at radius 3 is 2.46 bits per heavy atom. The van der Waals surface area contributed by atoms with Crippen molar-refractivity contribution in [2.45, 2.75) is 0 Å². The fourth-order valence-electron chi connectivity index (χ4n) is 2.49. The van der Waals surface area contributed by atoms with E-state index in [4.69, 9.17) is 5.73 Å². The van der Waals surface area contributed by atoms with Crippen LogP contribution >= 0.6 is 0 Å². The minimum Gasteiger partial charge on any atom is -0.397 e. The Labute approximate surface area is 164 Å². The predicted octanol–water partition coefficient (Wildman–Crippen LogP) is 4.44. The molecule has 140 valence electrons. The summed E-state index contributed by atoms with van der Waals surface area (Å²) in [5.41, 5.74) is 8.94. The fourth-order valence-corrected chi connectivity index (χ4v) is 2.49. The van der Waals surface area contributed by atoms with Crippen LogP contribution in [0.1, 0.15) is 11.1 Å². The van der Waals surface area contributed by atoms with Gasteiger partial charge in [0.25, 0.3) is 0 Å². The second-order valence-corrected chi connectivity index (χ2v) is 6.08. The summed E-state index contributed by atoms with van der Waals surface area (Å²) >= 11 is 0. The van der Waals surface area contributed by atoms with Crippen LogP contribution in [0, 0.1) is 0 Å². The highest BCUT2D eigenvalue weighted by Crippen LogP contribution is 2.16. The molecule has 0 saturated carbocycles. The SMILES string of the molecule is Nc1ccccc1NC(=O)C=Cc1ccc(NCC=Cc2ccccc2)nc1. The number of rotatable bonds is 7. The largest absolute Gasteiger partial charge is 0.397 e. The first-order valence-corrected chi connectivity index (χ1v) is 8.96. The van der Waals surface area contributed by atoms with Gasteiger partial charge in [-0.3, -0.25) is 4.79 Å². The number of aromatic nitrogens is 1. The second-order valence-electron chi connectivity index (χ2n) is 6.08. The Morgan fingerprint density at radius 1 is 0.929 bits per heavy atom. The number of nitrogens with two attached hydrogens (primary N) is 1. The molecule has 0 unspecified atom stereocenters. The molecule has 0 aliphatic rings. The van der Waals surface area contributed by atoms with Crippen LogP contribution in [0.25, 0.3) is 12.2 Å². The maximum absolute atomic E-state index is 12.0. The number of pyridine rings is 1. The van der Waals surface area contributed by atoms with Gasteiger partial charge in [-0.05, 0) is 41.5 Å². The average Bonchev–Trinajstić information content (AvgIpc) is 2.73. The van der Waals surface area contributed by atoms with Crippen LogP contribution in [-0.2, 0) is 4.79 Å². The number of para-hydroxylation sites is 2. The van der Waals surface area contributed by atoms with E-state index in [1.54, 1.807) is 24.4 Å². The van der Waals surface area contributed by atoms with Gasteiger partial charge in [-0.1, -0.05) is 54.6 Å². The van der Waals surface area contributed by atoms with Crippen LogP contribution in [0.2, 0.25) is 0 Å². The van der Waals surface area contributed by atoms with Crippen LogP contribution in [0.15, 0.2) is 85.1 Å². The number of nitrogens with one attached hydrogen (secondary N) is 2. The van der Waals surface area contributed by atoms with E-state index in [1.807, 2.05) is 48.5 Å². The smallest absolute Gasteiger partial charge is 0.248 e. The lowest BCUT2D eigenvalue weighted by atomic mass is 10.2. The number of carbonyl (C=O) groups is 1. The maximum Gasteiger partial charge on any atom is 0.248 e. The summed E-state index contributed by atoms with van der Waals surface area (Å²) in [5, 5.41) is 5.98. The number of benzene rings is 2. The molecule has 2 aromatic carbocycles. The van der Waals surface area contributed by atoms with Gasteiger partial charge >= 0.3 is 0 Å². The van der Waals surface area contributed by atoms with E-state index in [-0.39, 0.29) is 5.91 Å². The molecule has 0 radical (unpaired) electrons. The van der Waals surface area contributed by atoms with E-state index < -0.39 is 0 Å². The molecular weight excluding hydrogens is 348 g/mol. The Morgan fingerprint density at radius 2 is 1.71 bits per heavy atom. The lowest BCUT2D eigenvalue weighted by molar-refractivity contribution is -0.111. The number of carbonyl (C=O) groups excluding carboxylic acids is 1. The second kappa shape index (κ2) is 9.73. The minimum absolute atomic E-state index is 0.244. The zero-order valence-electron chi connectivity index (χ0n) is 15.4. The van der Waals surface area contributed by atoms with Crippen molar-refractivity contribution >= 4 is 35.3 Å². The van der Waals surface area contributed by atoms with Crippen molar-refractivity contribution in [2.24, 2.45) is 0 Å². The number of nitrogens with zero attached hydrogens (tertiary/aromatic N) is 1. The number of hydrogen-bond acceptors (Lipinski definition) is 4. The minimum atomic E-state index is -0.244. The highest BCUT2D eigenvalue weighted by molar-refractivity contribution is 6.03. The maximum atomic E-state index is 12.0. The summed E-state index contributed by atoms with van der Waals surface area (Å²) < 4.78 is 0. The van der Waals surface area contributed by atoms with Crippen molar-refractivity contribution < 1.29 is 4.79 Å². The van der Waals surface area contributed by atoms with Gasteiger partial charge < -0.3 is 16.4 Å². The van der Waals surface area contributed by atoms with Crippen LogP contribution in [0.4, 0.5) is 17.2 Å². The van der Waals surface area contributed by atoms with Crippen molar-refractivity contribution in [2.75, 3.05) is 22.9 Å². The zero-order valence-corrected chi connectivity index (χ0v) is 15.4. The van der Waals surface area contributed by atoms with E-state index in [0.29, 0.717) is 17.9 Å². The zero-order chi connectivity index (χ0) is 19.6. The lowest BCUT2D eigenvalue weighted by Crippen LogP contribution is -2.09. The highest BCUT2D eigenvalue weighted by Gasteiger charge is 2.01. The monoisotopic (exact) mass is 370 g/mol. The first-order chi connectivity index (χ1) is 13.7. The molecule has 0 bridgehead atoms. The Balaban J connectivity index is 1.48. The normalized spacial score (nSPS) is 11.0. The number of nitrogen functional groups attached to an aromatic ring is 1. The fraction of sp³-hybridized carbons (Fsp3) is 0.0435. The van der Waals surface area contributed by atoms with Crippen molar-refractivity contribution in [3.8, 4) is 0 Å². The number of hydrogen-bond donors (Lipinski definition) is 3. The van der Waals surface area contributed by atoms with Gasteiger partial charge in [-0.2, -0.15) is 0 Å². The van der Waals surface area contributed by atoms with E-state index >= 15 is 0 Å². The average molecular weight is 370 g/mol. The summed E-state index contributed by atoms with van der Waals surface area (Å²) in [7, 11) is 0. The number of anilines is 3. The van der Waals surface area contributed by atoms with E-state index in [9.17, 15) is 4.79 Å². The summed E-state index contributed by atoms with van der Waals surface area (Å²) in [5.74, 6) is 0.530. The van der Waals surface area contributed by atoms with Gasteiger partial charge in [0, 0.05) is 18.8 Å². The molecule has 1 heterocycles. The molecule has 0 spiro atoms. The molecule has 0 aliphatic carbocycles. The third-order valence-electron chi connectivity index (χ3n) is 3.94. The number of amides is 1. The predicted molar refractivity (Wildman–Crippen MR) is 117 cm³/mol. The molecule has 3 aromatic rings. The van der Waals surface area contributed by atoms with Gasteiger partial charge in [0.15, 0.2) is 0 Å². The first kappa shape index (κ1) is 18.9. The van der Waals surface area contributed by atoms with E-state index in [0.717, 1.165) is 16.9 Å². The van der Waals surface area contributed by atoms with Crippen LogP contribution < -0.4 is 16.4 Å². The van der Waals surface area contributed by atoms with Crippen molar-refractivity contribution in [3.63, 3.8) is 0 Å². The molecule has 1 amide bonds. The highest BCUT2D eigenvalue weighted by atomic mass is 16.1. The molecule has 4 N–H and O–H groups in total. The Hall–Kier alpha value is -3.86. The van der Waals surface area contributed by atoms with Crippen LogP contribution in [0.5, 0.6) is 0 Å². The van der Waals surface area contributed by atoms with Crippen molar-refractivity contribution in [3.05, 3.63) is 96.2 Å². The topological polar surface area (TPSA) is 80.0 Å². The van der Waals surface area contributed by atoms with Gasteiger partial charge in [0.2, 0.25) is 5.91 Å². The van der Waals surface area contributed by atoms with E-state index in [2.05, 4.69) is 33.8 Å². The molecule has 0 atom stereocenters. The van der Waals surface area contributed by atoms with Crippen molar-refractivity contribution in [1.82, 2.24) is 4.98 Å². The molecular formula is C23H22N4O. The molecule has 0 saturated heterocycles. The van der Waals surface area contributed by atoms with Crippen LogP contribution in [0.3, 0.4) is 0 Å². The summed E-state index contributed by atoms with van der Waals surface area (Å²) in [6.45, 7) is 0.679.